The van der Waals surface area contributed by atoms with E-state index in [4.69, 9.17) is 14.3 Å². The van der Waals surface area contributed by atoms with Crippen LogP contribution in [0.5, 0.6) is 0 Å². The third-order valence-corrected chi connectivity index (χ3v) is 6.67. The quantitative estimate of drug-likeness (QED) is 0.229. The molecule has 2 fully saturated rings. The third kappa shape index (κ3) is 9.83. The first-order valence-corrected chi connectivity index (χ1v) is 13.8. The molecule has 1 aliphatic heterocycles. The maximum absolute atomic E-state index is 12.9. The lowest BCUT2D eigenvalue weighted by Gasteiger charge is -2.34. The van der Waals surface area contributed by atoms with Gasteiger partial charge in [0.25, 0.3) is 5.91 Å². The van der Waals surface area contributed by atoms with Gasteiger partial charge in [0.1, 0.15) is 12.1 Å². The molecule has 2 atom stereocenters. The summed E-state index contributed by atoms with van der Waals surface area (Å²) in [7, 11) is 0. The summed E-state index contributed by atoms with van der Waals surface area (Å²) in [5.41, 5.74) is 2.70. The number of nitrogens with zero attached hydrogens (tertiary/aromatic N) is 3. The van der Waals surface area contributed by atoms with Gasteiger partial charge in [-0.1, -0.05) is 27.7 Å². The van der Waals surface area contributed by atoms with Crippen LogP contribution in [0.1, 0.15) is 89.9 Å². The van der Waals surface area contributed by atoms with Crippen LogP contribution in [0.3, 0.4) is 0 Å². The van der Waals surface area contributed by atoms with Gasteiger partial charge in [0.2, 0.25) is 5.95 Å². The summed E-state index contributed by atoms with van der Waals surface area (Å²) in [6.45, 7) is 12.2. The maximum atomic E-state index is 12.9. The minimum absolute atomic E-state index is 0.0844. The molecule has 0 spiro atoms. The number of carbonyl (C=O) groups is 2. The summed E-state index contributed by atoms with van der Waals surface area (Å²) >= 11 is 0. The Kier molecular flexibility index (Phi) is 11.5. The minimum atomic E-state index is -0.550. The Balaban J connectivity index is 1.44. The van der Waals surface area contributed by atoms with Crippen molar-refractivity contribution in [2.75, 3.05) is 24.6 Å². The van der Waals surface area contributed by atoms with Gasteiger partial charge in [0.05, 0.1) is 12.2 Å². The first-order valence-electron chi connectivity index (χ1n) is 13.8. The van der Waals surface area contributed by atoms with E-state index in [1.54, 1.807) is 6.92 Å². The number of anilines is 1. The predicted octanol–water partition coefficient (Wildman–Crippen LogP) is 3.62. The lowest BCUT2D eigenvalue weighted by atomic mass is 9.99. The van der Waals surface area contributed by atoms with Gasteiger partial charge in [-0.15, -0.1) is 0 Å². The molecule has 10 heteroatoms. The van der Waals surface area contributed by atoms with E-state index in [0.29, 0.717) is 30.0 Å². The van der Waals surface area contributed by atoms with Crippen LogP contribution in [-0.2, 0) is 19.1 Å². The van der Waals surface area contributed by atoms with Crippen molar-refractivity contribution in [2.45, 2.75) is 104 Å². The fraction of sp³-hybridized carbons (Fsp3) is 0.778. The van der Waals surface area contributed by atoms with Gasteiger partial charge in [-0.3, -0.25) is 9.59 Å². The summed E-state index contributed by atoms with van der Waals surface area (Å²) in [5.74, 6) is 0.839. The topological polar surface area (TPSA) is 115 Å². The lowest BCUT2D eigenvalue weighted by molar-refractivity contribution is -0.163. The molecule has 2 heterocycles. The average molecular weight is 520 g/mol. The van der Waals surface area contributed by atoms with Crippen LogP contribution in [0.2, 0.25) is 0 Å². The van der Waals surface area contributed by atoms with Crippen LogP contribution in [0.25, 0.3) is 0 Å². The average Bonchev–Trinajstić information content (AvgIpc) is 3.39. The van der Waals surface area contributed by atoms with Crippen LogP contribution in [-0.4, -0.2) is 66.0 Å². The molecule has 10 nitrogen and oxygen atoms in total. The standard InChI is InChI=1S/C27H45N5O5/c1-18(2)14-24(26(34)36-23-8-6-7-9-23)30-22-10-12-32(13-11-22)27-28-15-21(16-29-27)25(33)31-37-20(5)35-17-19(3)4/h15-16,18-20,22-24,30H,6-14,17H2,1-5H3,(H,31,33)/t20?,24-/m0/s1. The van der Waals surface area contributed by atoms with Gasteiger partial charge in [0.15, 0.2) is 6.29 Å². The van der Waals surface area contributed by atoms with Gasteiger partial charge in [-0.25, -0.2) is 20.3 Å². The van der Waals surface area contributed by atoms with E-state index in [1.807, 2.05) is 13.8 Å². The van der Waals surface area contributed by atoms with Crippen molar-refractivity contribution in [3.8, 4) is 0 Å². The molecule has 1 saturated carbocycles. The van der Waals surface area contributed by atoms with Crippen LogP contribution in [0.15, 0.2) is 12.4 Å². The Morgan fingerprint density at radius 1 is 1.00 bits per heavy atom. The Morgan fingerprint density at radius 2 is 1.65 bits per heavy atom. The normalized spacial score (nSPS) is 18.8. The zero-order valence-corrected chi connectivity index (χ0v) is 23.1. The number of hydroxylamine groups is 1. The van der Waals surface area contributed by atoms with Gasteiger partial charge in [-0.2, -0.15) is 0 Å². The molecule has 208 valence electrons. The predicted molar refractivity (Wildman–Crippen MR) is 141 cm³/mol. The second-order valence-electron chi connectivity index (χ2n) is 11.1. The second kappa shape index (κ2) is 14.6. The van der Waals surface area contributed by atoms with E-state index in [0.717, 1.165) is 58.0 Å². The van der Waals surface area contributed by atoms with Crippen molar-refractivity contribution in [1.29, 1.82) is 0 Å². The lowest BCUT2D eigenvalue weighted by Crippen LogP contribution is -2.50. The highest BCUT2D eigenvalue weighted by molar-refractivity contribution is 5.92. The summed E-state index contributed by atoms with van der Waals surface area (Å²) in [4.78, 5) is 41.3. The van der Waals surface area contributed by atoms with Crippen LogP contribution in [0.4, 0.5) is 5.95 Å². The highest BCUT2D eigenvalue weighted by atomic mass is 16.8. The molecule has 0 aromatic carbocycles. The summed E-state index contributed by atoms with van der Waals surface area (Å²) in [6.07, 6.45) is 9.32. The van der Waals surface area contributed by atoms with E-state index in [-0.39, 0.29) is 24.2 Å². The van der Waals surface area contributed by atoms with Crippen LogP contribution < -0.4 is 15.7 Å². The molecule has 0 radical (unpaired) electrons. The van der Waals surface area contributed by atoms with E-state index in [9.17, 15) is 9.59 Å². The Bertz CT molecular complexity index is 836. The Morgan fingerprint density at radius 3 is 2.24 bits per heavy atom. The molecule has 1 amide bonds. The molecule has 2 N–H and O–H groups in total. The first-order chi connectivity index (χ1) is 17.7. The number of piperidine rings is 1. The van der Waals surface area contributed by atoms with Gasteiger partial charge in [0, 0.05) is 31.5 Å². The summed E-state index contributed by atoms with van der Waals surface area (Å²) in [5, 5.41) is 3.58. The molecule has 1 saturated heterocycles. The second-order valence-corrected chi connectivity index (χ2v) is 11.1. The molecule has 3 rings (SSSR count). The molecule has 37 heavy (non-hydrogen) atoms. The number of amides is 1. The van der Waals surface area contributed by atoms with E-state index >= 15 is 0 Å². The molecular formula is C27H45N5O5. The summed E-state index contributed by atoms with van der Waals surface area (Å²) in [6, 6.07) is -0.0369. The molecule has 1 aromatic rings. The van der Waals surface area contributed by atoms with E-state index in [1.165, 1.54) is 12.4 Å². The smallest absolute Gasteiger partial charge is 0.323 e. The van der Waals surface area contributed by atoms with Crippen LogP contribution >= 0.6 is 0 Å². The van der Waals surface area contributed by atoms with Crippen molar-refractivity contribution in [1.82, 2.24) is 20.8 Å². The molecule has 1 unspecified atom stereocenters. The molecule has 2 aliphatic rings. The number of ether oxygens (including phenoxy) is 2. The van der Waals surface area contributed by atoms with Crippen molar-refractivity contribution in [3.63, 3.8) is 0 Å². The number of hydrogen-bond acceptors (Lipinski definition) is 9. The van der Waals surface area contributed by atoms with Crippen molar-refractivity contribution >= 4 is 17.8 Å². The third-order valence-electron chi connectivity index (χ3n) is 6.67. The van der Waals surface area contributed by atoms with Crippen LogP contribution in [0, 0.1) is 11.8 Å². The number of carbonyl (C=O) groups excluding carboxylic acids is 2. The van der Waals surface area contributed by atoms with Gasteiger partial charge < -0.3 is 19.7 Å². The number of rotatable bonds is 13. The molecule has 1 aliphatic carbocycles. The number of aromatic nitrogens is 2. The fourth-order valence-electron chi connectivity index (χ4n) is 4.65. The monoisotopic (exact) mass is 519 g/mol. The van der Waals surface area contributed by atoms with E-state index in [2.05, 4.69) is 39.5 Å². The van der Waals surface area contributed by atoms with E-state index < -0.39 is 12.2 Å². The van der Waals surface area contributed by atoms with Gasteiger partial charge in [-0.05, 0) is 63.7 Å². The highest BCUT2D eigenvalue weighted by Gasteiger charge is 2.30. The highest BCUT2D eigenvalue weighted by Crippen LogP contribution is 2.23. The molecule has 1 aromatic heterocycles. The van der Waals surface area contributed by atoms with Gasteiger partial charge >= 0.3 is 5.97 Å². The number of nitrogens with one attached hydrogen (secondary N) is 2. The number of esters is 1. The molecule has 0 bridgehead atoms. The summed E-state index contributed by atoms with van der Waals surface area (Å²) < 4.78 is 11.3. The largest absolute Gasteiger partial charge is 0.461 e. The zero-order chi connectivity index (χ0) is 26.8. The zero-order valence-electron chi connectivity index (χ0n) is 23.1. The first kappa shape index (κ1) is 29.3. The van der Waals surface area contributed by atoms with Crippen molar-refractivity contribution in [2.24, 2.45) is 11.8 Å². The Labute approximate surface area is 221 Å². The fourth-order valence-corrected chi connectivity index (χ4v) is 4.65. The van der Waals surface area contributed by atoms with Crippen molar-refractivity contribution < 1.29 is 23.9 Å². The Hall–Kier alpha value is -2.30. The number of hydrogen-bond donors (Lipinski definition) is 2. The molecular weight excluding hydrogens is 474 g/mol. The maximum Gasteiger partial charge on any atom is 0.323 e. The van der Waals surface area contributed by atoms with Crippen molar-refractivity contribution in [3.05, 3.63) is 18.0 Å². The SMILES string of the molecule is CC(C)COC(C)ONC(=O)c1cnc(N2CCC(N[C@@H](CC(C)C)C(=O)OC3CCCC3)CC2)nc1. The minimum Gasteiger partial charge on any atom is -0.461 e.